The first-order valence-electron chi connectivity index (χ1n) is 10.2. The van der Waals surface area contributed by atoms with E-state index < -0.39 is 0 Å². The zero-order valence-corrected chi connectivity index (χ0v) is 17.7. The number of carbonyl (C=O) groups is 2. The van der Waals surface area contributed by atoms with Crippen LogP contribution in [0.5, 0.6) is 0 Å². The van der Waals surface area contributed by atoms with Crippen LogP contribution in [0.2, 0.25) is 0 Å². The number of nitrogens with one attached hydrogen (secondary N) is 2. The van der Waals surface area contributed by atoms with Crippen molar-refractivity contribution in [3.05, 3.63) is 82.2 Å². The number of amides is 2. The Morgan fingerprint density at radius 1 is 1.19 bits per heavy atom. The number of likely N-dealkylation sites (tertiary alicyclic amines) is 1. The number of hydrogen-bond acceptors (Lipinski definition) is 5. The van der Waals surface area contributed by atoms with Gasteiger partial charge in [0.1, 0.15) is 11.6 Å². The summed E-state index contributed by atoms with van der Waals surface area (Å²) < 4.78 is 18.6. The molecule has 8 heteroatoms. The fourth-order valence-corrected chi connectivity index (χ4v) is 4.64. The van der Waals surface area contributed by atoms with Gasteiger partial charge in [0.05, 0.1) is 31.4 Å². The molecule has 0 aliphatic carbocycles. The van der Waals surface area contributed by atoms with E-state index in [4.69, 9.17) is 4.42 Å². The van der Waals surface area contributed by atoms with Crippen molar-refractivity contribution < 1.29 is 18.4 Å². The summed E-state index contributed by atoms with van der Waals surface area (Å²) in [6, 6.07) is 12.9. The minimum absolute atomic E-state index is 0.102. The van der Waals surface area contributed by atoms with Crippen LogP contribution in [0, 0.1) is 5.82 Å². The van der Waals surface area contributed by atoms with E-state index in [-0.39, 0.29) is 36.3 Å². The van der Waals surface area contributed by atoms with Crippen molar-refractivity contribution in [2.45, 2.75) is 31.5 Å². The molecule has 0 bridgehead atoms. The smallest absolute Gasteiger partial charge is 0.237 e. The highest BCUT2D eigenvalue weighted by molar-refractivity contribution is 7.10. The van der Waals surface area contributed by atoms with E-state index in [1.54, 1.807) is 30.5 Å². The fraction of sp³-hybridized carbons (Fsp3) is 0.304. The maximum atomic E-state index is 13.4. The summed E-state index contributed by atoms with van der Waals surface area (Å²) in [5.41, 5.74) is 0.811. The van der Waals surface area contributed by atoms with Crippen LogP contribution >= 0.6 is 11.3 Å². The van der Waals surface area contributed by atoms with Crippen LogP contribution in [0.15, 0.2) is 64.6 Å². The summed E-state index contributed by atoms with van der Waals surface area (Å²) >= 11 is 1.53. The maximum absolute atomic E-state index is 13.4. The minimum Gasteiger partial charge on any atom is -0.467 e. The van der Waals surface area contributed by atoms with Gasteiger partial charge in [-0.2, -0.15) is 0 Å². The number of rotatable bonds is 8. The molecule has 1 aliphatic heterocycles. The van der Waals surface area contributed by atoms with Crippen molar-refractivity contribution in [2.75, 3.05) is 13.1 Å². The third-order valence-electron chi connectivity index (χ3n) is 5.37. The van der Waals surface area contributed by atoms with Crippen LogP contribution in [0.4, 0.5) is 4.39 Å². The summed E-state index contributed by atoms with van der Waals surface area (Å²) in [5.74, 6) is 0.0951. The Morgan fingerprint density at radius 3 is 2.74 bits per heavy atom. The SMILES string of the molecule is O=C(CN1CCC[C@@H]1C(=O)NCc1ccco1)N[C@@H](c1ccc(F)cc1)c1cccs1. The average Bonchev–Trinajstić information content (AvgIpc) is 3.54. The van der Waals surface area contributed by atoms with Crippen molar-refractivity contribution in [1.82, 2.24) is 15.5 Å². The van der Waals surface area contributed by atoms with Gasteiger partial charge in [0, 0.05) is 4.88 Å². The zero-order chi connectivity index (χ0) is 21.6. The molecule has 4 rings (SSSR count). The van der Waals surface area contributed by atoms with Gasteiger partial charge in [-0.3, -0.25) is 14.5 Å². The lowest BCUT2D eigenvalue weighted by molar-refractivity contribution is -0.128. The number of benzene rings is 1. The predicted octanol–water partition coefficient (Wildman–Crippen LogP) is 3.47. The molecule has 2 aromatic heterocycles. The molecule has 3 aromatic rings. The van der Waals surface area contributed by atoms with Gasteiger partial charge < -0.3 is 15.1 Å². The largest absolute Gasteiger partial charge is 0.467 e. The van der Waals surface area contributed by atoms with Gasteiger partial charge in [-0.05, 0) is 60.7 Å². The van der Waals surface area contributed by atoms with Crippen molar-refractivity contribution in [1.29, 1.82) is 0 Å². The van der Waals surface area contributed by atoms with Gasteiger partial charge in [-0.25, -0.2) is 4.39 Å². The molecule has 31 heavy (non-hydrogen) atoms. The standard InChI is InChI=1S/C23H24FN3O3S/c24-17-9-7-16(8-10-17)22(20-6-3-13-31-20)26-21(28)15-27-11-1-5-19(27)23(29)25-14-18-4-2-12-30-18/h2-4,6-10,12-13,19,22H,1,5,11,14-15H2,(H,25,29)(H,26,28)/t19-,22+/m1/s1. The molecule has 2 amide bonds. The molecule has 1 aliphatic rings. The van der Waals surface area contributed by atoms with Gasteiger partial charge in [0.15, 0.2) is 0 Å². The van der Waals surface area contributed by atoms with Gasteiger partial charge >= 0.3 is 0 Å². The van der Waals surface area contributed by atoms with Gasteiger partial charge in [0.2, 0.25) is 11.8 Å². The minimum atomic E-state index is -0.359. The number of hydrogen-bond donors (Lipinski definition) is 2. The van der Waals surface area contributed by atoms with Crippen molar-refractivity contribution in [3.8, 4) is 0 Å². The van der Waals surface area contributed by atoms with Crippen LogP contribution in [-0.4, -0.2) is 35.8 Å². The molecule has 2 atom stereocenters. The maximum Gasteiger partial charge on any atom is 0.237 e. The van der Waals surface area contributed by atoms with E-state index in [1.807, 2.05) is 22.4 Å². The number of halogens is 1. The summed E-state index contributed by atoms with van der Waals surface area (Å²) in [7, 11) is 0. The van der Waals surface area contributed by atoms with Gasteiger partial charge in [0.25, 0.3) is 0 Å². The first-order chi connectivity index (χ1) is 15.1. The first kappa shape index (κ1) is 21.3. The molecule has 1 aromatic carbocycles. The number of carbonyl (C=O) groups excluding carboxylic acids is 2. The molecular weight excluding hydrogens is 417 g/mol. The second kappa shape index (κ2) is 9.89. The second-order valence-electron chi connectivity index (χ2n) is 7.49. The Hall–Kier alpha value is -2.97. The molecule has 2 N–H and O–H groups in total. The quantitative estimate of drug-likeness (QED) is 0.561. The monoisotopic (exact) mass is 441 g/mol. The van der Waals surface area contributed by atoms with E-state index >= 15 is 0 Å². The number of thiophene rings is 1. The Labute approximate surface area is 184 Å². The lowest BCUT2D eigenvalue weighted by atomic mass is 10.1. The molecular formula is C23H24FN3O3S. The lowest BCUT2D eigenvalue weighted by Gasteiger charge is -2.25. The molecule has 0 spiro atoms. The lowest BCUT2D eigenvalue weighted by Crippen LogP contribution is -2.47. The molecule has 0 radical (unpaired) electrons. The molecule has 1 fully saturated rings. The van der Waals surface area contributed by atoms with Gasteiger partial charge in [-0.15, -0.1) is 11.3 Å². The van der Waals surface area contributed by atoms with Crippen molar-refractivity contribution in [2.24, 2.45) is 0 Å². The molecule has 1 saturated heterocycles. The van der Waals surface area contributed by atoms with E-state index in [0.29, 0.717) is 25.3 Å². The third kappa shape index (κ3) is 5.39. The Balaban J connectivity index is 1.38. The van der Waals surface area contributed by atoms with E-state index in [1.165, 1.54) is 23.5 Å². The second-order valence-corrected chi connectivity index (χ2v) is 8.47. The summed E-state index contributed by atoms with van der Waals surface area (Å²) in [4.78, 5) is 28.4. The van der Waals surface area contributed by atoms with E-state index in [0.717, 1.165) is 16.9 Å². The van der Waals surface area contributed by atoms with Crippen LogP contribution in [0.25, 0.3) is 0 Å². The van der Waals surface area contributed by atoms with Crippen LogP contribution in [0.3, 0.4) is 0 Å². The molecule has 3 heterocycles. The number of nitrogens with zero attached hydrogens (tertiary/aromatic N) is 1. The fourth-order valence-electron chi connectivity index (χ4n) is 3.84. The van der Waals surface area contributed by atoms with E-state index in [9.17, 15) is 14.0 Å². The summed E-state index contributed by atoms with van der Waals surface area (Å²) in [5, 5.41) is 7.88. The first-order valence-corrected chi connectivity index (χ1v) is 11.1. The zero-order valence-electron chi connectivity index (χ0n) is 16.9. The average molecular weight is 442 g/mol. The predicted molar refractivity (Wildman–Crippen MR) is 116 cm³/mol. The summed E-state index contributed by atoms with van der Waals surface area (Å²) in [6.45, 7) is 1.14. The molecule has 0 saturated carbocycles. The van der Waals surface area contributed by atoms with Crippen LogP contribution < -0.4 is 10.6 Å². The number of furan rings is 1. The highest BCUT2D eigenvalue weighted by Gasteiger charge is 2.32. The summed E-state index contributed by atoms with van der Waals surface area (Å²) in [6.07, 6.45) is 3.14. The van der Waals surface area contributed by atoms with Gasteiger partial charge in [-0.1, -0.05) is 18.2 Å². The van der Waals surface area contributed by atoms with E-state index in [2.05, 4.69) is 10.6 Å². The normalized spacial score (nSPS) is 17.4. The third-order valence-corrected chi connectivity index (χ3v) is 6.30. The van der Waals surface area contributed by atoms with Crippen molar-refractivity contribution in [3.63, 3.8) is 0 Å². The van der Waals surface area contributed by atoms with Crippen molar-refractivity contribution >= 4 is 23.2 Å². The molecule has 162 valence electrons. The topological polar surface area (TPSA) is 74.6 Å². The molecule has 0 unspecified atom stereocenters. The highest BCUT2D eigenvalue weighted by Crippen LogP contribution is 2.26. The highest BCUT2D eigenvalue weighted by atomic mass is 32.1. The Bertz CT molecular complexity index is 990. The molecule has 6 nitrogen and oxygen atoms in total. The Morgan fingerprint density at radius 2 is 2.03 bits per heavy atom. The van der Waals surface area contributed by atoms with Crippen LogP contribution in [-0.2, 0) is 16.1 Å². The van der Waals surface area contributed by atoms with Crippen LogP contribution in [0.1, 0.15) is 35.1 Å². The Kier molecular flexibility index (Phi) is 6.79.